The van der Waals surface area contributed by atoms with E-state index in [2.05, 4.69) is 0 Å². The predicted molar refractivity (Wildman–Crippen MR) is 90.9 cm³/mol. The highest BCUT2D eigenvalue weighted by Gasteiger charge is 2.22. The molecule has 0 aromatic heterocycles. The molecule has 0 saturated heterocycles. The van der Waals surface area contributed by atoms with Crippen molar-refractivity contribution >= 4 is 11.0 Å². The number of halogens is 2. The quantitative estimate of drug-likeness (QED) is 0.504. The zero-order chi connectivity index (χ0) is 17.7. The lowest BCUT2D eigenvalue weighted by atomic mass is 9.92. The number of benzene rings is 3. The van der Waals surface area contributed by atoms with E-state index in [1.54, 1.807) is 25.1 Å². The summed E-state index contributed by atoms with van der Waals surface area (Å²) in [4.78, 5) is 11.7. The third-order valence-corrected chi connectivity index (χ3v) is 4.20. The summed E-state index contributed by atoms with van der Waals surface area (Å²) < 4.78 is 33.7. The summed E-state index contributed by atoms with van der Waals surface area (Å²) in [6.07, 6.45) is 0. The first-order valence-electron chi connectivity index (χ1n) is 7.60. The van der Waals surface area contributed by atoms with Crippen molar-refractivity contribution in [3.63, 3.8) is 0 Å². The molecule has 0 saturated carbocycles. The summed E-state index contributed by atoms with van der Waals surface area (Å²) >= 11 is 0. The van der Waals surface area contributed by atoms with Gasteiger partial charge in [0.1, 0.15) is 22.9 Å². The van der Waals surface area contributed by atoms with E-state index >= 15 is 0 Å². The van der Waals surface area contributed by atoms with Crippen molar-refractivity contribution in [3.8, 4) is 28.2 Å². The molecule has 0 bridgehead atoms. The molecule has 1 aliphatic heterocycles. The van der Waals surface area contributed by atoms with Crippen LogP contribution in [0.4, 0.5) is 8.78 Å². The second-order valence-corrected chi connectivity index (χ2v) is 5.87. The first kappa shape index (κ1) is 15.3. The Hall–Kier alpha value is -3.21. The fourth-order valence-electron chi connectivity index (χ4n) is 3.10. The summed E-state index contributed by atoms with van der Waals surface area (Å²) in [6, 6.07) is 11.2. The number of hydrogen-bond acceptors (Lipinski definition) is 3. The second-order valence-electron chi connectivity index (χ2n) is 5.87. The molecule has 25 heavy (non-hydrogen) atoms. The lowest BCUT2D eigenvalue weighted by Crippen LogP contribution is -2.06. The van der Waals surface area contributed by atoms with Crippen LogP contribution in [0.5, 0.6) is 5.75 Å². The minimum absolute atomic E-state index is 0.0372. The molecule has 5 heteroatoms. The van der Waals surface area contributed by atoms with E-state index in [1.807, 2.05) is 0 Å². The van der Waals surface area contributed by atoms with E-state index in [-0.39, 0.29) is 17.1 Å². The maximum atomic E-state index is 14.0. The Morgan fingerprint density at radius 1 is 1.00 bits per heavy atom. The summed E-state index contributed by atoms with van der Waals surface area (Å²) in [5, 5.41) is 10.7. The molecule has 124 valence electrons. The third kappa shape index (κ3) is 2.36. The number of aromatic hydroxyl groups is 1. The molecule has 1 heterocycles. The average Bonchev–Trinajstić information content (AvgIpc) is 2.56. The summed E-state index contributed by atoms with van der Waals surface area (Å²) in [5.41, 5.74) is 1.21. The molecule has 0 radical (unpaired) electrons. The van der Waals surface area contributed by atoms with Crippen LogP contribution in [0, 0.1) is 18.6 Å². The Labute approximate surface area is 141 Å². The van der Waals surface area contributed by atoms with E-state index < -0.39 is 17.1 Å². The van der Waals surface area contributed by atoms with Crippen molar-refractivity contribution in [3.05, 3.63) is 76.0 Å². The fraction of sp³-hybridized carbons (Fsp3) is 0.0500. The first-order chi connectivity index (χ1) is 12.0. The van der Waals surface area contributed by atoms with Crippen LogP contribution < -0.4 is 5.43 Å². The van der Waals surface area contributed by atoms with Gasteiger partial charge in [0.2, 0.25) is 5.43 Å². The number of phenolic OH excluding ortho intramolecular Hbond substituents is 1. The van der Waals surface area contributed by atoms with Gasteiger partial charge in [-0.05, 0) is 36.8 Å². The number of aryl methyl sites for hydroxylation is 1. The normalized spacial score (nSPS) is 11.3. The first-order valence-corrected chi connectivity index (χ1v) is 7.60. The molecule has 1 aliphatic carbocycles. The average molecular weight is 338 g/mol. The lowest BCUT2D eigenvalue weighted by molar-refractivity contribution is 0.477. The molecule has 4 rings (SSSR count). The van der Waals surface area contributed by atoms with Crippen molar-refractivity contribution in [2.24, 2.45) is 0 Å². The molecule has 0 atom stereocenters. The van der Waals surface area contributed by atoms with Crippen LogP contribution in [0.15, 0.2) is 57.7 Å². The Balaban J connectivity index is 2.29. The van der Waals surface area contributed by atoms with Crippen LogP contribution in [0.2, 0.25) is 0 Å². The van der Waals surface area contributed by atoms with Crippen LogP contribution in [0.25, 0.3) is 33.4 Å². The smallest absolute Gasteiger partial charge is 0.217 e. The number of rotatable bonds is 1. The van der Waals surface area contributed by atoms with E-state index in [1.165, 1.54) is 18.2 Å². The highest BCUT2D eigenvalue weighted by Crippen LogP contribution is 2.43. The molecule has 1 N–H and O–H groups in total. The Bertz CT molecular complexity index is 1160. The molecule has 3 nitrogen and oxygen atoms in total. The van der Waals surface area contributed by atoms with Crippen molar-refractivity contribution < 1.29 is 18.3 Å². The van der Waals surface area contributed by atoms with Crippen molar-refractivity contribution in [2.75, 3.05) is 0 Å². The van der Waals surface area contributed by atoms with Crippen LogP contribution in [-0.4, -0.2) is 5.11 Å². The SMILES string of the molecule is Cc1cc(F)cc2c(-c3ccccc3O)c3cc(F)c(=O)cc-3oc12. The van der Waals surface area contributed by atoms with Gasteiger partial charge in [0, 0.05) is 28.1 Å². The Morgan fingerprint density at radius 2 is 1.76 bits per heavy atom. The molecule has 2 aliphatic rings. The second kappa shape index (κ2) is 5.41. The molecule has 2 aromatic rings. The van der Waals surface area contributed by atoms with Crippen molar-refractivity contribution in [1.82, 2.24) is 0 Å². The third-order valence-electron chi connectivity index (χ3n) is 4.20. The number of fused-ring (bicyclic) bond motifs is 2. The topological polar surface area (TPSA) is 50.4 Å². The lowest BCUT2D eigenvalue weighted by Gasteiger charge is -2.17. The highest BCUT2D eigenvalue weighted by atomic mass is 19.1. The number of hydrogen-bond donors (Lipinski definition) is 1. The summed E-state index contributed by atoms with van der Waals surface area (Å²) in [6.45, 7) is 1.68. The van der Waals surface area contributed by atoms with Gasteiger partial charge >= 0.3 is 0 Å². The maximum absolute atomic E-state index is 14.0. The van der Waals surface area contributed by atoms with Gasteiger partial charge in [0.15, 0.2) is 5.82 Å². The van der Waals surface area contributed by atoms with Gasteiger partial charge in [-0.3, -0.25) is 4.79 Å². The summed E-state index contributed by atoms with van der Waals surface area (Å²) in [5.74, 6) is -1.28. The monoisotopic (exact) mass is 338 g/mol. The number of para-hydroxylation sites is 1. The van der Waals surface area contributed by atoms with Crippen molar-refractivity contribution in [2.45, 2.75) is 6.92 Å². The minimum Gasteiger partial charge on any atom is -0.507 e. The fourth-order valence-corrected chi connectivity index (χ4v) is 3.10. The van der Waals surface area contributed by atoms with Gasteiger partial charge < -0.3 is 9.52 Å². The van der Waals surface area contributed by atoms with Crippen LogP contribution in [0.3, 0.4) is 0 Å². The van der Waals surface area contributed by atoms with Crippen LogP contribution >= 0.6 is 0 Å². The molecular weight excluding hydrogens is 326 g/mol. The molecule has 0 spiro atoms. The standard InChI is InChI=1S/C20H12F2O3/c1-10-6-11(21)7-14-19(12-4-2-3-5-16(12)23)13-8-15(22)17(24)9-18(13)25-20(10)14/h2-9,23H,1H3. The van der Waals surface area contributed by atoms with Crippen LogP contribution in [0.1, 0.15) is 5.56 Å². The number of phenols is 1. The molecule has 0 unspecified atom stereocenters. The minimum atomic E-state index is -0.938. The van der Waals surface area contributed by atoms with E-state index in [0.29, 0.717) is 27.7 Å². The highest BCUT2D eigenvalue weighted by molar-refractivity contribution is 6.03. The van der Waals surface area contributed by atoms with E-state index in [4.69, 9.17) is 4.42 Å². The molecular formula is C20H12F2O3. The van der Waals surface area contributed by atoms with Gasteiger partial charge in [0.25, 0.3) is 0 Å². The van der Waals surface area contributed by atoms with Crippen LogP contribution in [-0.2, 0) is 0 Å². The van der Waals surface area contributed by atoms with Gasteiger partial charge in [-0.1, -0.05) is 18.2 Å². The van der Waals surface area contributed by atoms with E-state index in [0.717, 1.165) is 12.1 Å². The van der Waals surface area contributed by atoms with Gasteiger partial charge in [-0.2, -0.15) is 0 Å². The van der Waals surface area contributed by atoms with Gasteiger partial charge in [-0.15, -0.1) is 0 Å². The van der Waals surface area contributed by atoms with Gasteiger partial charge in [0.05, 0.1) is 0 Å². The maximum Gasteiger partial charge on any atom is 0.217 e. The predicted octanol–water partition coefficient (Wildman–Crippen LogP) is 4.86. The van der Waals surface area contributed by atoms with Gasteiger partial charge in [-0.25, -0.2) is 8.78 Å². The summed E-state index contributed by atoms with van der Waals surface area (Å²) in [7, 11) is 0. The zero-order valence-electron chi connectivity index (χ0n) is 13.1. The zero-order valence-corrected chi connectivity index (χ0v) is 13.1. The Morgan fingerprint density at radius 3 is 2.52 bits per heavy atom. The van der Waals surface area contributed by atoms with E-state index in [9.17, 15) is 18.7 Å². The Kier molecular flexibility index (Phi) is 3.32. The van der Waals surface area contributed by atoms with Crippen molar-refractivity contribution in [1.29, 1.82) is 0 Å². The molecule has 2 aromatic carbocycles. The molecule has 0 fully saturated rings. The largest absolute Gasteiger partial charge is 0.507 e. The molecule has 0 amide bonds.